The zero-order valence-corrected chi connectivity index (χ0v) is 11.8. The van der Waals surface area contributed by atoms with Gasteiger partial charge >= 0.3 is 5.97 Å². The number of rotatable bonds is 4. The van der Waals surface area contributed by atoms with Crippen LogP contribution in [0.4, 0.5) is 0 Å². The van der Waals surface area contributed by atoms with Gasteiger partial charge in [0, 0.05) is 45.5 Å². The Morgan fingerprint density at radius 3 is 2.26 bits per heavy atom. The number of nitrogens with zero attached hydrogens (tertiary/aromatic N) is 4. The Labute approximate surface area is 113 Å². The van der Waals surface area contributed by atoms with E-state index >= 15 is 0 Å². The van der Waals surface area contributed by atoms with Gasteiger partial charge in [-0.15, -0.1) is 0 Å². The predicted molar refractivity (Wildman–Crippen MR) is 71.9 cm³/mol. The summed E-state index contributed by atoms with van der Waals surface area (Å²) in [5.41, 5.74) is 0.619. The molecule has 0 radical (unpaired) electrons. The largest absolute Gasteiger partial charge is 0.480 e. The van der Waals surface area contributed by atoms with Gasteiger partial charge in [0.2, 0.25) is 0 Å². The zero-order chi connectivity index (χ0) is 14.0. The second-order valence-corrected chi connectivity index (χ2v) is 5.37. The van der Waals surface area contributed by atoms with Crippen molar-refractivity contribution in [3.63, 3.8) is 0 Å². The third-order valence-electron chi connectivity index (χ3n) is 3.68. The zero-order valence-electron chi connectivity index (χ0n) is 11.8. The van der Waals surface area contributed by atoms with E-state index in [4.69, 9.17) is 0 Å². The van der Waals surface area contributed by atoms with E-state index in [9.17, 15) is 9.90 Å². The van der Waals surface area contributed by atoms with E-state index in [-0.39, 0.29) is 0 Å². The van der Waals surface area contributed by atoms with Crippen molar-refractivity contribution in [3.05, 3.63) is 18.2 Å². The molecule has 1 aliphatic heterocycles. The Kier molecular flexibility index (Phi) is 4.21. The third-order valence-corrected chi connectivity index (χ3v) is 3.68. The highest BCUT2D eigenvalue weighted by atomic mass is 16.4. The molecule has 19 heavy (non-hydrogen) atoms. The summed E-state index contributed by atoms with van der Waals surface area (Å²) in [5.74, 6) is -0.823. The van der Waals surface area contributed by atoms with Crippen LogP contribution in [-0.2, 0) is 11.8 Å². The van der Waals surface area contributed by atoms with E-state index in [2.05, 4.69) is 23.7 Å². The second-order valence-electron chi connectivity index (χ2n) is 5.37. The average molecular weight is 266 g/mol. The van der Waals surface area contributed by atoms with Crippen molar-refractivity contribution in [1.29, 1.82) is 0 Å². The van der Waals surface area contributed by atoms with Crippen LogP contribution >= 0.6 is 0 Å². The van der Waals surface area contributed by atoms with E-state index < -0.39 is 12.0 Å². The Morgan fingerprint density at radius 2 is 1.84 bits per heavy atom. The lowest BCUT2D eigenvalue weighted by Gasteiger charge is -2.38. The van der Waals surface area contributed by atoms with E-state index in [0.29, 0.717) is 11.7 Å². The molecule has 1 unspecified atom stereocenters. The molecule has 1 saturated heterocycles. The van der Waals surface area contributed by atoms with Crippen LogP contribution in [0, 0.1) is 0 Å². The Morgan fingerprint density at radius 1 is 1.26 bits per heavy atom. The normalized spacial score (nSPS) is 19.8. The van der Waals surface area contributed by atoms with Gasteiger partial charge in [-0.25, -0.2) is 4.98 Å². The minimum Gasteiger partial charge on any atom is -0.480 e. The van der Waals surface area contributed by atoms with Crippen molar-refractivity contribution in [1.82, 2.24) is 19.4 Å². The SMILES string of the molecule is CC(C)N1CCN(C(C(=O)O)c2cn(C)cn2)CC1. The summed E-state index contributed by atoms with van der Waals surface area (Å²) in [6.45, 7) is 7.70. The third kappa shape index (κ3) is 3.13. The van der Waals surface area contributed by atoms with Crippen molar-refractivity contribution in [2.75, 3.05) is 26.2 Å². The summed E-state index contributed by atoms with van der Waals surface area (Å²) < 4.78 is 1.79. The van der Waals surface area contributed by atoms with Gasteiger partial charge in [0.1, 0.15) is 0 Å². The minimum atomic E-state index is -0.823. The Hall–Kier alpha value is -1.40. The summed E-state index contributed by atoms with van der Waals surface area (Å²) in [5, 5.41) is 9.46. The number of imidazole rings is 1. The number of carboxylic acids is 1. The van der Waals surface area contributed by atoms with Gasteiger partial charge in [-0.05, 0) is 13.8 Å². The molecule has 0 amide bonds. The number of piperazine rings is 1. The van der Waals surface area contributed by atoms with E-state index in [1.54, 1.807) is 17.1 Å². The first-order valence-corrected chi connectivity index (χ1v) is 6.68. The molecule has 106 valence electrons. The van der Waals surface area contributed by atoms with Gasteiger partial charge in [-0.2, -0.15) is 0 Å². The van der Waals surface area contributed by atoms with Gasteiger partial charge in [-0.3, -0.25) is 14.6 Å². The quantitative estimate of drug-likeness (QED) is 0.863. The maximum atomic E-state index is 11.5. The van der Waals surface area contributed by atoms with Gasteiger partial charge < -0.3 is 9.67 Å². The molecule has 1 fully saturated rings. The molecular formula is C13H22N4O2. The molecule has 2 rings (SSSR count). The fourth-order valence-corrected chi connectivity index (χ4v) is 2.56. The molecule has 1 atom stereocenters. The number of hydrogen-bond donors (Lipinski definition) is 1. The fraction of sp³-hybridized carbons (Fsp3) is 0.692. The summed E-state index contributed by atoms with van der Waals surface area (Å²) in [4.78, 5) is 20.1. The van der Waals surface area contributed by atoms with Crippen LogP contribution in [0.3, 0.4) is 0 Å². The van der Waals surface area contributed by atoms with Crippen molar-refractivity contribution in [3.8, 4) is 0 Å². The highest BCUT2D eigenvalue weighted by Gasteiger charge is 2.32. The maximum absolute atomic E-state index is 11.5. The first-order chi connectivity index (χ1) is 8.99. The topological polar surface area (TPSA) is 61.6 Å². The number of aliphatic carboxylic acids is 1. The molecule has 6 heteroatoms. The molecule has 0 saturated carbocycles. The lowest BCUT2D eigenvalue weighted by Crippen LogP contribution is -2.51. The molecule has 6 nitrogen and oxygen atoms in total. The average Bonchev–Trinajstić information content (AvgIpc) is 2.76. The summed E-state index contributed by atoms with van der Waals surface area (Å²) >= 11 is 0. The Bertz CT molecular complexity index is 436. The summed E-state index contributed by atoms with van der Waals surface area (Å²) in [7, 11) is 1.85. The molecule has 1 aliphatic rings. The van der Waals surface area contributed by atoms with E-state index in [1.165, 1.54) is 0 Å². The van der Waals surface area contributed by atoms with Gasteiger partial charge in [0.25, 0.3) is 0 Å². The van der Waals surface area contributed by atoms with E-state index in [1.807, 2.05) is 11.9 Å². The molecule has 1 N–H and O–H groups in total. The molecule has 0 bridgehead atoms. The van der Waals surface area contributed by atoms with Crippen LogP contribution in [0.1, 0.15) is 25.6 Å². The monoisotopic (exact) mass is 266 g/mol. The lowest BCUT2D eigenvalue weighted by molar-refractivity contribution is -0.144. The van der Waals surface area contributed by atoms with Crippen LogP contribution in [0.2, 0.25) is 0 Å². The molecule has 0 aromatic carbocycles. The molecule has 0 spiro atoms. The fourth-order valence-electron chi connectivity index (χ4n) is 2.56. The Balaban J connectivity index is 2.08. The molecule has 1 aromatic heterocycles. The first-order valence-electron chi connectivity index (χ1n) is 6.68. The number of carbonyl (C=O) groups is 1. The molecule has 0 aliphatic carbocycles. The van der Waals surface area contributed by atoms with Crippen LogP contribution in [0.5, 0.6) is 0 Å². The van der Waals surface area contributed by atoms with Crippen LogP contribution < -0.4 is 0 Å². The standard InChI is InChI=1S/C13H22N4O2/c1-10(2)16-4-6-17(7-5-16)12(13(18)19)11-8-15(3)9-14-11/h8-10,12H,4-7H2,1-3H3,(H,18,19). The van der Waals surface area contributed by atoms with Crippen LogP contribution in [0.25, 0.3) is 0 Å². The van der Waals surface area contributed by atoms with E-state index in [0.717, 1.165) is 26.2 Å². The van der Waals surface area contributed by atoms with Gasteiger partial charge in [0.05, 0.1) is 12.0 Å². The number of carboxylic acid groups (broad SMARTS) is 1. The molecule has 1 aromatic rings. The van der Waals surface area contributed by atoms with Crippen molar-refractivity contribution < 1.29 is 9.90 Å². The second kappa shape index (κ2) is 5.71. The van der Waals surface area contributed by atoms with Gasteiger partial charge in [0.15, 0.2) is 6.04 Å². The summed E-state index contributed by atoms with van der Waals surface area (Å²) in [6.07, 6.45) is 3.43. The van der Waals surface area contributed by atoms with Gasteiger partial charge in [-0.1, -0.05) is 0 Å². The van der Waals surface area contributed by atoms with Crippen molar-refractivity contribution in [2.45, 2.75) is 25.9 Å². The number of aryl methyl sites for hydroxylation is 1. The molecule has 2 heterocycles. The number of aromatic nitrogens is 2. The number of hydrogen-bond acceptors (Lipinski definition) is 4. The predicted octanol–water partition coefficient (Wildman–Crippen LogP) is 0.572. The van der Waals surface area contributed by atoms with Crippen molar-refractivity contribution >= 4 is 5.97 Å². The maximum Gasteiger partial charge on any atom is 0.327 e. The highest BCUT2D eigenvalue weighted by molar-refractivity contribution is 5.74. The molecular weight excluding hydrogens is 244 g/mol. The smallest absolute Gasteiger partial charge is 0.327 e. The minimum absolute atomic E-state index is 0.514. The summed E-state index contributed by atoms with van der Waals surface area (Å²) in [6, 6.07) is -0.115. The van der Waals surface area contributed by atoms with Crippen LogP contribution in [-0.4, -0.2) is 62.6 Å². The first kappa shape index (κ1) is 14.0. The lowest BCUT2D eigenvalue weighted by atomic mass is 10.1. The van der Waals surface area contributed by atoms with Crippen molar-refractivity contribution in [2.24, 2.45) is 7.05 Å². The van der Waals surface area contributed by atoms with Crippen LogP contribution in [0.15, 0.2) is 12.5 Å². The highest BCUT2D eigenvalue weighted by Crippen LogP contribution is 2.21.